The van der Waals surface area contributed by atoms with Crippen molar-refractivity contribution in [3.05, 3.63) is 53.9 Å². The third-order valence-corrected chi connectivity index (χ3v) is 5.09. The number of anilines is 1. The zero-order chi connectivity index (χ0) is 18.9. The third-order valence-electron chi connectivity index (χ3n) is 5.09. The van der Waals surface area contributed by atoms with E-state index in [1.165, 1.54) is 0 Å². The molecule has 1 aliphatic heterocycles. The molecule has 3 aromatic heterocycles. The van der Waals surface area contributed by atoms with E-state index >= 15 is 0 Å². The standard InChI is InChI=1S/C20H22N8/c1-2-7-28-12-24-27-18(28)11-23-19-15-8-21-10-17(15)25-20(26-19)14-9-22-16-6-4-3-5-13(14)16/h3-6,9,12,21-22H,2,7-8,10-11H2,1H3,(H,23,25,26). The Morgan fingerprint density at radius 2 is 2.11 bits per heavy atom. The molecule has 4 heterocycles. The molecule has 142 valence electrons. The summed E-state index contributed by atoms with van der Waals surface area (Å²) in [5.41, 5.74) is 4.28. The van der Waals surface area contributed by atoms with Crippen LogP contribution in [0.5, 0.6) is 0 Å². The highest BCUT2D eigenvalue weighted by molar-refractivity contribution is 5.93. The van der Waals surface area contributed by atoms with Gasteiger partial charge in [0.1, 0.15) is 12.1 Å². The Kier molecular flexibility index (Phi) is 4.25. The van der Waals surface area contributed by atoms with Crippen molar-refractivity contribution >= 4 is 16.7 Å². The molecule has 28 heavy (non-hydrogen) atoms. The van der Waals surface area contributed by atoms with Gasteiger partial charge in [0, 0.05) is 47.9 Å². The maximum absolute atomic E-state index is 4.87. The van der Waals surface area contributed by atoms with Crippen molar-refractivity contribution in [1.82, 2.24) is 35.0 Å². The van der Waals surface area contributed by atoms with Gasteiger partial charge in [-0.25, -0.2) is 9.97 Å². The smallest absolute Gasteiger partial charge is 0.163 e. The predicted octanol–water partition coefficient (Wildman–Crippen LogP) is 2.84. The molecular formula is C20H22N8. The molecule has 0 amide bonds. The van der Waals surface area contributed by atoms with Crippen LogP contribution in [0.1, 0.15) is 30.4 Å². The van der Waals surface area contributed by atoms with Crippen LogP contribution in [-0.4, -0.2) is 29.7 Å². The summed E-state index contributed by atoms with van der Waals surface area (Å²) in [4.78, 5) is 13.0. The summed E-state index contributed by atoms with van der Waals surface area (Å²) >= 11 is 0. The molecule has 0 saturated carbocycles. The highest BCUT2D eigenvalue weighted by atomic mass is 15.3. The number of H-pyrrole nitrogens is 1. The summed E-state index contributed by atoms with van der Waals surface area (Å²) in [5, 5.41) is 16.3. The van der Waals surface area contributed by atoms with Crippen molar-refractivity contribution in [2.45, 2.75) is 39.5 Å². The number of rotatable bonds is 6. The summed E-state index contributed by atoms with van der Waals surface area (Å²) in [5.74, 6) is 2.51. The van der Waals surface area contributed by atoms with Gasteiger partial charge in [-0.2, -0.15) is 0 Å². The highest BCUT2D eigenvalue weighted by Gasteiger charge is 2.21. The summed E-state index contributed by atoms with van der Waals surface area (Å²) in [6, 6.07) is 8.22. The van der Waals surface area contributed by atoms with Crippen LogP contribution in [0, 0.1) is 0 Å². The van der Waals surface area contributed by atoms with E-state index in [0.717, 1.165) is 71.2 Å². The van der Waals surface area contributed by atoms with E-state index < -0.39 is 0 Å². The van der Waals surface area contributed by atoms with Crippen molar-refractivity contribution in [3.63, 3.8) is 0 Å². The van der Waals surface area contributed by atoms with Gasteiger partial charge in [-0.3, -0.25) is 0 Å². The molecule has 0 aliphatic carbocycles. The van der Waals surface area contributed by atoms with Gasteiger partial charge >= 0.3 is 0 Å². The maximum atomic E-state index is 4.87. The molecule has 0 unspecified atom stereocenters. The Balaban J connectivity index is 1.50. The van der Waals surface area contributed by atoms with Crippen LogP contribution in [0.15, 0.2) is 36.8 Å². The van der Waals surface area contributed by atoms with E-state index in [4.69, 9.17) is 9.97 Å². The number of hydrogen-bond acceptors (Lipinski definition) is 6. The summed E-state index contributed by atoms with van der Waals surface area (Å²) < 4.78 is 2.08. The van der Waals surface area contributed by atoms with Gasteiger partial charge in [-0.15, -0.1) is 10.2 Å². The van der Waals surface area contributed by atoms with Crippen LogP contribution < -0.4 is 10.6 Å². The van der Waals surface area contributed by atoms with Gasteiger partial charge in [0.05, 0.1) is 12.2 Å². The molecule has 3 N–H and O–H groups in total. The number of nitrogens with one attached hydrogen (secondary N) is 3. The number of benzene rings is 1. The molecule has 0 saturated heterocycles. The number of fused-ring (bicyclic) bond motifs is 2. The molecule has 1 aliphatic rings. The largest absolute Gasteiger partial charge is 0.362 e. The molecular weight excluding hydrogens is 352 g/mol. The number of aromatic amines is 1. The van der Waals surface area contributed by atoms with Crippen molar-refractivity contribution in [2.75, 3.05) is 5.32 Å². The average Bonchev–Trinajstić information content (AvgIpc) is 3.45. The second-order valence-electron chi connectivity index (χ2n) is 6.97. The van der Waals surface area contributed by atoms with E-state index in [9.17, 15) is 0 Å². The Morgan fingerprint density at radius 1 is 1.18 bits per heavy atom. The quantitative estimate of drug-likeness (QED) is 0.480. The van der Waals surface area contributed by atoms with Crippen LogP contribution >= 0.6 is 0 Å². The molecule has 8 nitrogen and oxygen atoms in total. The fraction of sp³-hybridized carbons (Fsp3) is 0.300. The number of nitrogens with zero attached hydrogens (tertiary/aromatic N) is 5. The Labute approximate surface area is 162 Å². The van der Waals surface area contributed by atoms with Crippen molar-refractivity contribution in [2.24, 2.45) is 0 Å². The second kappa shape index (κ2) is 7.05. The molecule has 0 radical (unpaired) electrons. The second-order valence-corrected chi connectivity index (χ2v) is 6.97. The van der Waals surface area contributed by atoms with Crippen LogP contribution in [0.4, 0.5) is 5.82 Å². The lowest BCUT2D eigenvalue weighted by Crippen LogP contribution is -2.12. The number of aryl methyl sites for hydroxylation is 1. The van der Waals surface area contributed by atoms with Gasteiger partial charge in [0.2, 0.25) is 0 Å². The SMILES string of the molecule is CCCn1cnnc1CNc1nc(-c2c[nH]c3ccccc23)nc2c1CNC2. The van der Waals surface area contributed by atoms with Crippen LogP contribution in [-0.2, 0) is 26.2 Å². The zero-order valence-electron chi connectivity index (χ0n) is 15.7. The topological polar surface area (TPSA) is 96.3 Å². The lowest BCUT2D eigenvalue weighted by Gasteiger charge is -2.12. The molecule has 0 bridgehead atoms. The van der Waals surface area contributed by atoms with Gasteiger partial charge in [0.25, 0.3) is 0 Å². The zero-order valence-corrected chi connectivity index (χ0v) is 15.7. The monoisotopic (exact) mass is 374 g/mol. The van der Waals surface area contributed by atoms with E-state index in [1.54, 1.807) is 6.33 Å². The number of aromatic nitrogens is 6. The summed E-state index contributed by atoms with van der Waals surface area (Å²) in [6.07, 6.45) is 4.81. The molecule has 5 rings (SSSR count). The highest BCUT2D eigenvalue weighted by Crippen LogP contribution is 2.30. The van der Waals surface area contributed by atoms with Gasteiger partial charge in [-0.05, 0) is 12.5 Å². The van der Waals surface area contributed by atoms with Crippen LogP contribution in [0.3, 0.4) is 0 Å². The number of hydrogen-bond donors (Lipinski definition) is 3. The minimum atomic E-state index is 0.580. The van der Waals surface area contributed by atoms with Gasteiger partial charge in [-0.1, -0.05) is 25.1 Å². The first-order valence-corrected chi connectivity index (χ1v) is 9.61. The Hall–Kier alpha value is -3.26. The average molecular weight is 374 g/mol. The first kappa shape index (κ1) is 16.9. The third kappa shape index (κ3) is 2.91. The summed E-state index contributed by atoms with van der Waals surface area (Å²) in [6.45, 7) is 5.17. The normalized spacial score (nSPS) is 13.2. The van der Waals surface area contributed by atoms with E-state index in [2.05, 4.69) is 49.4 Å². The first-order valence-electron chi connectivity index (χ1n) is 9.61. The lowest BCUT2D eigenvalue weighted by molar-refractivity contribution is 0.643. The predicted molar refractivity (Wildman–Crippen MR) is 108 cm³/mol. The van der Waals surface area contributed by atoms with E-state index in [-0.39, 0.29) is 0 Å². The molecule has 0 fully saturated rings. The van der Waals surface area contributed by atoms with Crippen molar-refractivity contribution in [3.8, 4) is 11.4 Å². The molecule has 0 spiro atoms. The van der Waals surface area contributed by atoms with Gasteiger partial charge in [0.15, 0.2) is 11.6 Å². The van der Waals surface area contributed by atoms with Crippen molar-refractivity contribution < 1.29 is 0 Å². The Bertz CT molecular complexity index is 1130. The van der Waals surface area contributed by atoms with Gasteiger partial charge < -0.3 is 20.2 Å². The van der Waals surface area contributed by atoms with E-state index in [0.29, 0.717) is 6.54 Å². The van der Waals surface area contributed by atoms with E-state index in [1.807, 2.05) is 18.3 Å². The Morgan fingerprint density at radius 3 is 3.04 bits per heavy atom. The molecule has 1 aromatic carbocycles. The summed E-state index contributed by atoms with van der Waals surface area (Å²) in [7, 11) is 0. The lowest BCUT2D eigenvalue weighted by atomic mass is 10.1. The molecule has 0 atom stereocenters. The first-order chi connectivity index (χ1) is 13.8. The molecule has 8 heteroatoms. The fourth-order valence-corrected chi connectivity index (χ4v) is 3.70. The number of para-hydroxylation sites is 1. The van der Waals surface area contributed by atoms with Crippen LogP contribution in [0.2, 0.25) is 0 Å². The van der Waals surface area contributed by atoms with Crippen LogP contribution in [0.25, 0.3) is 22.3 Å². The van der Waals surface area contributed by atoms with Crippen molar-refractivity contribution in [1.29, 1.82) is 0 Å². The maximum Gasteiger partial charge on any atom is 0.163 e. The minimum absolute atomic E-state index is 0.580. The minimum Gasteiger partial charge on any atom is -0.362 e. The fourth-order valence-electron chi connectivity index (χ4n) is 3.70. The molecule has 4 aromatic rings.